The van der Waals surface area contributed by atoms with Crippen molar-refractivity contribution in [1.82, 2.24) is 19.7 Å². The maximum absolute atomic E-state index is 12.5. The van der Waals surface area contributed by atoms with Gasteiger partial charge in [-0.05, 0) is 70.0 Å². The first-order valence-electron chi connectivity index (χ1n) is 11.8. The quantitative estimate of drug-likeness (QED) is 0.587. The minimum atomic E-state index is 0.145. The molecule has 0 saturated carbocycles. The Morgan fingerprint density at radius 3 is 2.47 bits per heavy atom. The van der Waals surface area contributed by atoms with Crippen LogP contribution in [0.4, 0.5) is 0 Å². The molecule has 5 nitrogen and oxygen atoms in total. The second-order valence-corrected chi connectivity index (χ2v) is 9.41. The first-order valence-corrected chi connectivity index (χ1v) is 11.8. The summed E-state index contributed by atoms with van der Waals surface area (Å²) in [7, 11) is 4.06. The van der Waals surface area contributed by atoms with Crippen molar-refractivity contribution < 1.29 is 4.79 Å². The second-order valence-electron chi connectivity index (χ2n) is 9.41. The smallest absolute Gasteiger partial charge is 0.223 e. The fourth-order valence-corrected chi connectivity index (χ4v) is 4.59. The minimum absolute atomic E-state index is 0.145. The van der Waals surface area contributed by atoms with E-state index in [2.05, 4.69) is 81.2 Å². The molecule has 170 valence electrons. The zero-order valence-electron chi connectivity index (χ0n) is 19.7. The van der Waals surface area contributed by atoms with Crippen LogP contribution in [-0.2, 0) is 17.9 Å². The van der Waals surface area contributed by atoms with Crippen LogP contribution < -0.4 is 5.32 Å². The standard InChI is InChI=1S/C27H36N4O/c1-21-8-10-22(11-9-21)19-31-25(18-24-6-4-5-7-26(24)31)20-30-15-12-23(13-16-30)27(32)28-14-17-29(2)3/h4-11,18,23H,12-17,19-20H2,1-3H3,(H,28,32). The number of aryl methyl sites for hydroxylation is 1. The van der Waals surface area contributed by atoms with E-state index >= 15 is 0 Å². The van der Waals surface area contributed by atoms with Gasteiger partial charge in [-0.3, -0.25) is 9.69 Å². The highest BCUT2D eigenvalue weighted by Gasteiger charge is 2.25. The Kier molecular flexibility index (Phi) is 7.28. The lowest BCUT2D eigenvalue weighted by Gasteiger charge is -2.31. The average Bonchev–Trinajstić information content (AvgIpc) is 3.12. The third kappa shape index (κ3) is 5.59. The van der Waals surface area contributed by atoms with Gasteiger partial charge in [-0.1, -0.05) is 48.0 Å². The van der Waals surface area contributed by atoms with E-state index in [-0.39, 0.29) is 11.8 Å². The zero-order chi connectivity index (χ0) is 22.5. The fourth-order valence-electron chi connectivity index (χ4n) is 4.59. The van der Waals surface area contributed by atoms with Crippen molar-refractivity contribution in [2.24, 2.45) is 5.92 Å². The van der Waals surface area contributed by atoms with Crippen LogP contribution in [0.25, 0.3) is 10.9 Å². The number of nitrogens with one attached hydrogen (secondary N) is 1. The fraction of sp³-hybridized carbons (Fsp3) is 0.444. The molecule has 0 spiro atoms. The van der Waals surface area contributed by atoms with Crippen LogP contribution in [0.3, 0.4) is 0 Å². The normalized spacial score (nSPS) is 15.5. The predicted octanol–water partition coefficient (Wildman–Crippen LogP) is 3.89. The van der Waals surface area contributed by atoms with Gasteiger partial charge in [0.15, 0.2) is 0 Å². The van der Waals surface area contributed by atoms with E-state index in [4.69, 9.17) is 0 Å². The summed E-state index contributed by atoms with van der Waals surface area (Å²) < 4.78 is 2.46. The summed E-state index contributed by atoms with van der Waals surface area (Å²) in [5.41, 5.74) is 5.25. The summed E-state index contributed by atoms with van der Waals surface area (Å²) in [5.74, 6) is 0.367. The van der Waals surface area contributed by atoms with Crippen molar-refractivity contribution in [1.29, 1.82) is 0 Å². The number of rotatable bonds is 8. The molecule has 1 aliphatic heterocycles. The van der Waals surface area contributed by atoms with E-state index in [1.165, 1.54) is 27.7 Å². The molecule has 1 N–H and O–H groups in total. The van der Waals surface area contributed by atoms with Gasteiger partial charge in [-0.25, -0.2) is 0 Å². The first kappa shape index (κ1) is 22.6. The Morgan fingerprint density at radius 1 is 1.03 bits per heavy atom. The van der Waals surface area contributed by atoms with E-state index in [0.29, 0.717) is 0 Å². The van der Waals surface area contributed by atoms with E-state index in [9.17, 15) is 4.79 Å². The number of carbonyl (C=O) groups is 1. The topological polar surface area (TPSA) is 40.5 Å². The number of benzene rings is 2. The minimum Gasteiger partial charge on any atom is -0.355 e. The number of likely N-dealkylation sites (tertiary alicyclic amines) is 1. The highest BCUT2D eigenvalue weighted by atomic mass is 16.1. The van der Waals surface area contributed by atoms with Crippen molar-refractivity contribution in [2.75, 3.05) is 40.3 Å². The monoisotopic (exact) mass is 432 g/mol. The number of fused-ring (bicyclic) bond motifs is 1. The maximum Gasteiger partial charge on any atom is 0.223 e. The lowest BCUT2D eigenvalue weighted by atomic mass is 9.96. The van der Waals surface area contributed by atoms with Crippen LogP contribution >= 0.6 is 0 Å². The van der Waals surface area contributed by atoms with Crippen LogP contribution in [-0.4, -0.2) is 60.5 Å². The molecule has 0 radical (unpaired) electrons. The Balaban J connectivity index is 1.41. The van der Waals surface area contributed by atoms with Crippen LogP contribution in [0.5, 0.6) is 0 Å². The molecule has 0 bridgehead atoms. The highest BCUT2D eigenvalue weighted by molar-refractivity contribution is 5.81. The molecule has 5 heteroatoms. The van der Waals surface area contributed by atoms with Gasteiger partial charge < -0.3 is 14.8 Å². The molecule has 0 aliphatic carbocycles. The Hall–Kier alpha value is -2.63. The lowest BCUT2D eigenvalue weighted by Crippen LogP contribution is -2.41. The van der Waals surface area contributed by atoms with Crippen LogP contribution in [0.2, 0.25) is 0 Å². The molecule has 32 heavy (non-hydrogen) atoms. The molecule has 1 fully saturated rings. The molecular formula is C27H36N4O. The van der Waals surface area contributed by atoms with E-state index in [1.54, 1.807) is 0 Å². The molecule has 0 unspecified atom stereocenters. The molecule has 3 aromatic rings. The van der Waals surface area contributed by atoms with Crippen molar-refractivity contribution in [3.63, 3.8) is 0 Å². The maximum atomic E-state index is 12.5. The number of piperidine rings is 1. The Morgan fingerprint density at radius 2 is 1.75 bits per heavy atom. The number of hydrogen-bond acceptors (Lipinski definition) is 3. The van der Waals surface area contributed by atoms with E-state index in [1.807, 2.05) is 14.1 Å². The van der Waals surface area contributed by atoms with E-state index < -0.39 is 0 Å². The summed E-state index contributed by atoms with van der Waals surface area (Å²) >= 11 is 0. The summed E-state index contributed by atoms with van der Waals surface area (Å²) in [6, 6.07) is 19.8. The molecule has 1 amide bonds. The van der Waals surface area contributed by atoms with Crippen molar-refractivity contribution >= 4 is 16.8 Å². The molecule has 4 rings (SSSR count). The molecular weight excluding hydrogens is 396 g/mol. The molecule has 1 saturated heterocycles. The lowest BCUT2D eigenvalue weighted by molar-refractivity contribution is -0.126. The number of amides is 1. The third-order valence-electron chi connectivity index (χ3n) is 6.56. The van der Waals surface area contributed by atoms with Gasteiger partial charge in [0.05, 0.1) is 0 Å². The third-order valence-corrected chi connectivity index (χ3v) is 6.56. The van der Waals surface area contributed by atoms with Crippen molar-refractivity contribution in [3.8, 4) is 0 Å². The number of likely N-dealkylation sites (N-methyl/N-ethyl adjacent to an activating group) is 1. The molecule has 1 aliphatic rings. The summed E-state index contributed by atoms with van der Waals surface area (Å²) in [4.78, 5) is 17.1. The largest absolute Gasteiger partial charge is 0.355 e. The van der Waals surface area contributed by atoms with Gasteiger partial charge in [0.2, 0.25) is 5.91 Å². The Bertz CT molecular complexity index is 1030. The summed E-state index contributed by atoms with van der Waals surface area (Å²) in [5, 5.41) is 4.40. The molecule has 2 heterocycles. The van der Waals surface area contributed by atoms with Crippen LogP contribution in [0, 0.1) is 12.8 Å². The molecule has 0 atom stereocenters. The summed E-state index contributed by atoms with van der Waals surface area (Å²) in [6.07, 6.45) is 1.87. The average molecular weight is 433 g/mol. The summed E-state index contributed by atoms with van der Waals surface area (Å²) in [6.45, 7) is 7.49. The van der Waals surface area contributed by atoms with Gasteiger partial charge in [0, 0.05) is 43.3 Å². The Labute approximate surface area is 192 Å². The SMILES string of the molecule is Cc1ccc(Cn2c(CN3CCC(C(=O)NCCN(C)C)CC3)cc3ccccc32)cc1. The van der Waals surface area contributed by atoms with Crippen molar-refractivity contribution in [3.05, 3.63) is 71.4 Å². The van der Waals surface area contributed by atoms with E-state index in [0.717, 1.165) is 52.1 Å². The predicted molar refractivity (Wildman–Crippen MR) is 132 cm³/mol. The highest BCUT2D eigenvalue weighted by Crippen LogP contribution is 2.25. The molecule has 2 aromatic carbocycles. The van der Waals surface area contributed by atoms with Crippen molar-refractivity contribution in [2.45, 2.75) is 32.9 Å². The zero-order valence-corrected chi connectivity index (χ0v) is 19.7. The number of aromatic nitrogens is 1. The number of nitrogens with zero attached hydrogens (tertiary/aromatic N) is 3. The number of carbonyl (C=O) groups excluding carboxylic acids is 1. The number of hydrogen-bond donors (Lipinski definition) is 1. The van der Waals surface area contributed by atoms with Crippen LogP contribution in [0.15, 0.2) is 54.6 Å². The number of para-hydroxylation sites is 1. The van der Waals surface area contributed by atoms with Gasteiger partial charge in [-0.2, -0.15) is 0 Å². The van der Waals surface area contributed by atoms with Gasteiger partial charge in [0.1, 0.15) is 0 Å². The van der Waals surface area contributed by atoms with Gasteiger partial charge in [0.25, 0.3) is 0 Å². The first-order chi connectivity index (χ1) is 15.5. The molecule has 1 aromatic heterocycles. The van der Waals surface area contributed by atoms with Gasteiger partial charge in [-0.15, -0.1) is 0 Å². The van der Waals surface area contributed by atoms with Crippen LogP contribution in [0.1, 0.15) is 29.7 Å². The second kappa shape index (κ2) is 10.3. The van der Waals surface area contributed by atoms with Gasteiger partial charge >= 0.3 is 0 Å².